The van der Waals surface area contributed by atoms with Crippen LogP contribution in [0.1, 0.15) is 73.7 Å². The summed E-state index contributed by atoms with van der Waals surface area (Å²) in [4.78, 5) is 17.1. The first-order valence-corrected chi connectivity index (χ1v) is 10.3. The van der Waals surface area contributed by atoms with Crippen LogP contribution in [0.2, 0.25) is 0 Å². The van der Waals surface area contributed by atoms with Crippen molar-refractivity contribution < 1.29 is 9.90 Å². The van der Waals surface area contributed by atoms with E-state index in [9.17, 15) is 9.90 Å². The second-order valence-electron chi connectivity index (χ2n) is 8.53. The number of amides is 1. The minimum Gasteiger partial charge on any atom is -0.386 e. The molecule has 152 valence electrons. The summed E-state index contributed by atoms with van der Waals surface area (Å²) in [5.41, 5.74) is 2.07. The highest BCUT2D eigenvalue weighted by molar-refractivity contribution is 6.04. The number of aromatic nitrogens is 3. The van der Waals surface area contributed by atoms with Crippen LogP contribution >= 0.6 is 0 Å². The zero-order valence-corrected chi connectivity index (χ0v) is 17.3. The minimum atomic E-state index is -1.12. The zero-order chi connectivity index (χ0) is 20.6. The van der Waals surface area contributed by atoms with Crippen LogP contribution in [-0.4, -0.2) is 25.8 Å². The molecule has 1 aliphatic carbocycles. The summed E-state index contributed by atoms with van der Waals surface area (Å²) in [6, 6.07) is 9.56. The van der Waals surface area contributed by atoms with Gasteiger partial charge in [-0.3, -0.25) is 9.48 Å². The van der Waals surface area contributed by atoms with Gasteiger partial charge in [-0.1, -0.05) is 25.3 Å². The van der Waals surface area contributed by atoms with Crippen LogP contribution in [0.4, 0.5) is 5.69 Å². The van der Waals surface area contributed by atoms with Crippen molar-refractivity contribution in [1.29, 1.82) is 0 Å². The van der Waals surface area contributed by atoms with E-state index in [0.717, 1.165) is 29.4 Å². The third-order valence-corrected chi connectivity index (χ3v) is 5.64. The summed E-state index contributed by atoms with van der Waals surface area (Å²) >= 11 is 0. The number of fused-ring (bicyclic) bond motifs is 1. The number of nitrogens with zero attached hydrogens (tertiary/aromatic N) is 3. The van der Waals surface area contributed by atoms with Gasteiger partial charge in [0.2, 0.25) is 0 Å². The number of aliphatic hydroxyl groups is 1. The minimum absolute atomic E-state index is 0.293. The average Bonchev–Trinajstić information content (AvgIpc) is 3.10. The van der Waals surface area contributed by atoms with Gasteiger partial charge >= 0.3 is 0 Å². The van der Waals surface area contributed by atoms with Crippen molar-refractivity contribution in [3.63, 3.8) is 0 Å². The van der Waals surface area contributed by atoms with Crippen molar-refractivity contribution >= 4 is 22.5 Å². The molecule has 6 nitrogen and oxygen atoms in total. The number of rotatable bonds is 4. The lowest BCUT2D eigenvalue weighted by Crippen LogP contribution is -2.21. The Hall–Kier alpha value is -2.73. The van der Waals surface area contributed by atoms with Gasteiger partial charge in [0.05, 0.1) is 17.2 Å². The molecule has 0 aliphatic heterocycles. The van der Waals surface area contributed by atoms with E-state index in [1.807, 2.05) is 31.2 Å². The van der Waals surface area contributed by atoms with Gasteiger partial charge in [-0.15, -0.1) is 0 Å². The van der Waals surface area contributed by atoms with Crippen LogP contribution in [0.3, 0.4) is 0 Å². The number of carbonyl (C=O) groups excluding carboxylic acids is 1. The van der Waals surface area contributed by atoms with E-state index in [4.69, 9.17) is 5.10 Å². The van der Waals surface area contributed by atoms with E-state index in [1.165, 1.54) is 19.3 Å². The molecule has 0 radical (unpaired) electrons. The fraction of sp³-hybridized carbons (Fsp3) is 0.435. The smallest absolute Gasteiger partial charge is 0.274 e. The highest BCUT2D eigenvalue weighted by Crippen LogP contribution is 2.34. The topological polar surface area (TPSA) is 80.0 Å². The number of hydrogen-bond donors (Lipinski definition) is 2. The molecule has 0 bridgehead atoms. The fourth-order valence-corrected chi connectivity index (χ4v) is 4.09. The Labute approximate surface area is 171 Å². The lowest BCUT2D eigenvalue weighted by molar-refractivity contribution is 0.0793. The summed E-state index contributed by atoms with van der Waals surface area (Å²) in [6.45, 7) is 5.28. The Bertz CT molecular complexity index is 1040. The molecule has 0 unspecified atom stereocenters. The van der Waals surface area contributed by atoms with Crippen molar-refractivity contribution in [2.75, 3.05) is 5.32 Å². The molecule has 1 fully saturated rings. The Morgan fingerprint density at radius 2 is 1.97 bits per heavy atom. The zero-order valence-electron chi connectivity index (χ0n) is 17.3. The maximum atomic E-state index is 12.8. The molecule has 1 aliphatic rings. The molecule has 29 heavy (non-hydrogen) atoms. The van der Waals surface area contributed by atoms with Crippen LogP contribution in [0.5, 0.6) is 0 Å². The average molecular weight is 393 g/mol. The van der Waals surface area contributed by atoms with E-state index in [1.54, 1.807) is 19.9 Å². The number of nitrogens with one attached hydrogen (secondary N) is 1. The molecular formula is C23H28N4O2. The normalized spacial score (nSPS) is 15.6. The maximum absolute atomic E-state index is 12.8. The van der Waals surface area contributed by atoms with Gasteiger partial charge in [-0.2, -0.15) is 5.10 Å². The van der Waals surface area contributed by atoms with Gasteiger partial charge in [-0.25, -0.2) is 4.98 Å². The molecule has 6 heteroatoms. The second-order valence-corrected chi connectivity index (χ2v) is 8.53. The summed E-state index contributed by atoms with van der Waals surface area (Å²) < 4.78 is 2.06. The largest absolute Gasteiger partial charge is 0.386 e. The van der Waals surface area contributed by atoms with E-state index >= 15 is 0 Å². The van der Waals surface area contributed by atoms with Crippen LogP contribution in [0.15, 0.2) is 36.5 Å². The Morgan fingerprint density at radius 1 is 1.21 bits per heavy atom. The van der Waals surface area contributed by atoms with Crippen molar-refractivity contribution in [1.82, 2.24) is 14.8 Å². The highest BCUT2D eigenvalue weighted by atomic mass is 16.3. The quantitative estimate of drug-likeness (QED) is 0.673. The first kappa shape index (κ1) is 19.6. The van der Waals surface area contributed by atoms with Gasteiger partial charge in [0.15, 0.2) is 0 Å². The predicted molar refractivity (Wildman–Crippen MR) is 114 cm³/mol. The molecule has 4 rings (SSSR count). The Kier molecular flexibility index (Phi) is 5.13. The lowest BCUT2D eigenvalue weighted by Gasteiger charge is -2.22. The number of hydrogen-bond acceptors (Lipinski definition) is 4. The third-order valence-electron chi connectivity index (χ3n) is 5.64. The molecule has 2 N–H and O–H groups in total. The number of anilines is 1. The van der Waals surface area contributed by atoms with Gasteiger partial charge < -0.3 is 10.4 Å². The van der Waals surface area contributed by atoms with E-state index in [2.05, 4.69) is 21.2 Å². The van der Waals surface area contributed by atoms with Crippen LogP contribution < -0.4 is 5.32 Å². The Morgan fingerprint density at radius 3 is 2.66 bits per heavy atom. The first-order chi connectivity index (χ1) is 13.8. The van der Waals surface area contributed by atoms with Crippen LogP contribution in [-0.2, 0) is 5.60 Å². The fourth-order valence-electron chi connectivity index (χ4n) is 4.09. The maximum Gasteiger partial charge on any atom is 0.274 e. The van der Waals surface area contributed by atoms with E-state index in [0.29, 0.717) is 23.0 Å². The number of carbonyl (C=O) groups is 1. The molecule has 0 atom stereocenters. The van der Waals surface area contributed by atoms with E-state index in [-0.39, 0.29) is 5.91 Å². The van der Waals surface area contributed by atoms with Crippen LogP contribution in [0, 0.1) is 6.92 Å². The standard InChI is InChI=1S/C23H28N4O2/c1-15-8-7-11-19(24-15)22(28)25-21-12-16-14-27(17-9-5-4-6-10-17)26-20(16)13-18(21)23(2,3)29/h7-8,11-14,17,29H,4-6,9-10H2,1-3H3,(H,25,28). The number of benzene rings is 1. The summed E-state index contributed by atoms with van der Waals surface area (Å²) in [7, 11) is 0. The van der Waals surface area contributed by atoms with Crippen molar-refractivity contribution in [3.8, 4) is 0 Å². The molecule has 0 spiro atoms. The molecule has 1 amide bonds. The monoisotopic (exact) mass is 392 g/mol. The molecule has 1 aromatic carbocycles. The van der Waals surface area contributed by atoms with E-state index < -0.39 is 5.60 Å². The molecule has 0 saturated heterocycles. The van der Waals surface area contributed by atoms with Gasteiger partial charge in [0, 0.05) is 28.5 Å². The summed E-state index contributed by atoms with van der Waals surface area (Å²) in [5, 5.41) is 19.4. The van der Waals surface area contributed by atoms with Crippen LogP contribution in [0.25, 0.3) is 10.9 Å². The van der Waals surface area contributed by atoms with Gasteiger partial charge in [0.1, 0.15) is 5.69 Å². The van der Waals surface area contributed by atoms with Gasteiger partial charge in [0.25, 0.3) is 5.91 Å². The number of pyridine rings is 1. The van der Waals surface area contributed by atoms with Crippen molar-refractivity contribution in [2.24, 2.45) is 0 Å². The molecule has 2 aromatic heterocycles. The molecule has 3 aromatic rings. The summed E-state index contributed by atoms with van der Waals surface area (Å²) in [6.07, 6.45) is 8.12. The molecule has 2 heterocycles. The SMILES string of the molecule is Cc1cccc(C(=O)Nc2cc3cn(C4CCCCC4)nc3cc2C(C)(C)O)n1. The predicted octanol–water partition coefficient (Wildman–Crippen LogP) is 4.72. The highest BCUT2D eigenvalue weighted by Gasteiger charge is 2.24. The van der Waals surface area contributed by atoms with Crippen molar-refractivity contribution in [2.45, 2.75) is 64.5 Å². The first-order valence-electron chi connectivity index (χ1n) is 10.3. The molecular weight excluding hydrogens is 364 g/mol. The molecule has 1 saturated carbocycles. The lowest BCUT2D eigenvalue weighted by atomic mass is 9.95. The van der Waals surface area contributed by atoms with Gasteiger partial charge in [-0.05, 0) is 57.9 Å². The third kappa shape index (κ3) is 4.17. The Balaban J connectivity index is 1.72. The van der Waals surface area contributed by atoms with Crippen molar-refractivity contribution in [3.05, 3.63) is 53.5 Å². The second kappa shape index (κ2) is 7.59. The number of aryl methyl sites for hydroxylation is 1. The summed E-state index contributed by atoms with van der Waals surface area (Å²) in [5.74, 6) is -0.293.